The van der Waals surface area contributed by atoms with E-state index in [-0.39, 0.29) is 36.5 Å². The van der Waals surface area contributed by atoms with Crippen molar-refractivity contribution in [3.63, 3.8) is 0 Å². The average Bonchev–Trinajstić information content (AvgIpc) is 2.98. The molecule has 2 heterocycles. The lowest BCUT2D eigenvalue weighted by Gasteiger charge is -2.28. The molecule has 0 saturated carbocycles. The Kier molecular flexibility index (Phi) is 9.10. The van der Waals surface area contributed by atoms with Gasteiger partial charge in [-0.1, -0.05) is 0 Å². The van der Waals surface area contributed by atoms with Crippen molar-refractivity contribution < 1.29 is 18.7 Å². The second-order valence-corrected chi connectivity index (χ2v) is 7.88. The fraction of sp³-hybridized carbons (Fsp3) is 0.389. The minimum Gasteiger partial charge on any atom is -0.424 e. The summed E-state index contributed by atoms with van der Waals surface area (Å²) in [6.45, 7) is 4.60. The number of nitrogens with zero attached hydrogens (tertiary/aromatic N) is 2. The first-order valence-electron chi connectivity index (χ1n) is 8.58. The van der Waals surface area contributed by atoms with Crippen LogP contribution in [0.15, 0.2) is 28.1 Å². The second-order valence-electron chi connectivity index (χ2n) is 6.87. The van der Waals surface area contributed by atoms with Gasteiger partial charge in [-0.3, -0.25) is 9.80 Å². The van der Waals surface area contributed by atoms with E-state index in [1.807, 2.05) is 5.01 Å². The van der Waals surface area contributed by atoms with Crippen LogP contribution in [0, 0.1) is 5.82 Å². The van der Waals surface area contributed by atoms with Crippen LogP contribution in [-0.2, 0) is 9.59 Å². The Morgan fingerprint density at radius 3 is 2.72 bits per heavy atom. The molecule has 1 fully saturated rings. The van der Waals surface area contributed by atoms with Gasteiger partial charge in [0.25, 0.3) is 5.91 Å². The molecule has 2 aliphatic heterocycles. The highest BCUT2D eigenvalue weighted by Gasteiger charge is 2.28. The quantitative estimate of drug-likeness (QED) is 0.403. The van der Waals surface area contributed by atoms with Gasteiger partial charge in [-0.05, 0) is 56.7 Å². The van der Waals surface area contributed by atoms with Gasteiger partial charge >= 0.3 is 5.97 Å². The van der Waals surface area contributed by atoms with E-state index in [1.54, 1.807) is 6.08 Å². The number of aliphatic imine (C=N–C) groups is 1. The van der Waals surface area contributed by atoms with Crippen LogP contribution < -0.4 is 15.9 Å². The molecule has 0 atom stereocenters. The van der Waals surface area contributed by atoms with E-state index in [1.165, 1.54) is 37.7 Å². The Hall–Kier alpha value is -1.65. The zero-order valence-corrected chi connectivity index (χ0v) is 18.4. The van der Waals surface area contributed by atoms with Gasteiger partial charge in [-0.15, -0.1) is 24.8 Å². The van der Waals surface area contributed by atoms with Gasteiger partial charge in [-0.2, -0.15) is 4.99 Å². The summed E-state index contributed by atoms with van der Waals surface area (Å²) in [6, 6.07) is 3.77. The van der Waals surface area contributed by atoms with E-state index >= 15 is 0 Å². The van der Waals surface area contributed by atoms with Crippen LogP contribution >= 0.6 is 36.6 Å². The minimum absolute atomic E-state index is 0. The summed E-state index contributed by atoms with van der Waals surface area (Å²) in [5.74, 6) is -1.64. The van der Waals surface area contributed by atoms with E-state index in [2.05, 4.69) is 10.4 Å². The van der Waals surface area contributed by atoms with E-state index < -0.39 is 17.3 Å². The number of hydrazine groups is 1. The predicted molar refractivity (Wildman–Crippen MR) is 117 cm³/mol. The number of nitrogens with one attached hydrogen (secondary N) is 1. The minimum atomic E-state index is -1.23. The molecule has 3 rings (SSSR count). The normalized spacial score (nSPS) is 18.1. The van der Waals surface area contributed by atoms with Crippen LogP contribution in [0.4, 0.5) is 4.39 Å². The highest BCUT2D eigenvalue weighted by Crippen LogP contribution is 2.33. The maximum Gasteiger partial charge on any atom is 0.330 e. The van der Waals surface area contributed by atoms with Crippen LogP contribution in [0.2, 0.25) is 0 Å². The molecular weight excluding hydrogens is 442 g/mol. The average molecular weight is 465 g/mol. The van der Waals surface area contributed by atoms with Gasteiger partial charge in [0.05, 0.1) is 4.91 Å². The third-order valence-corrected chi connectivity index (χ3v) is 4.95. The molecule has 1 amide bonds. The lowest BCUT2D eigenvalue weighted by atomic mass is 10.1. The Morgan fingerprint density at radius 1 is 1.38 bits per heavy atom. The third-order valence-electron chi connectivity index (χ3n) is 3.94. The van der Waals surface area contributed by atoms with E-state index in [0.29, 0.717) is 15.6 Å². The van der Waals surface area contributed by atoms with Gasteiger partial charge in [0.2, 0.25) is 0 Å². The summed E-state index contributed by atoms with van der Waals surface area (Å²) in [5, 5.41) is 2.44. The Labute approximate surface area is 185 Å². The number of rotatable bonds is 3. The van der Waals surface area contributed by atoms with Crippen molar-refractivity contribution in [1.82, 2.24) is 10.4 Å². The van der Waals surface area contributed by atoms with Gasteiger partial charge in [0.15, 0.2) is 5.17 Å². The first kappa shape index (κ1) is 25.4. The molecule has 1 aromatic carbocycles. The number of ether oxygens (including phenoxy) is 1. The van der Waals surface area contributed by atoms with Crippen LogP contribution in [0.3, 0.4) is 0 Å². The molecule has 29 heavy (non-hydrogen) atoms. The van der Waals surface area contributed by atoms with Crippen molar-refractivity contribution in [1.29, 1.82) is 0 Å². The molecule has 160 valence electrons. The fourth-order valence-corrected chi connectivity index (χ4v) is 3.36. The second kappa shape index (κ2) is 10.4. The Morgan fingerprint density at radius 2 is 2.10 bits per heavy atom. The molecule has 0 aliphatic carbocycles. The maximum atomic E-state index is 13.6. The maximum absolute atomic E-state index is 13.6. The number of amidine groups is 1. The predicted octanol–water partition coefficient (Wildman–Crippen LogP) is 2.88. The molecule has 7 nitrogen and oxygen atoms in total. The number of carbonyl (C=O) groups excluding carboxylic acids is 2. The first-order valence-corrected chi connectivity index (χ1v) is 9.40. The molecule has 0 radical (unpaired) electrons. The van der Waals surface area contributed by atoms with E-state index in [9.17, 15) is 14.0 Å². The molecule has 0 aromatic heterocycles. The molecule has 1 saturated heterocycles. The van der Waals surface area contributed by atoms with Gasteiger partial charge in [0, 0.05) is 24.7 Å². The van der Waals surface area contributed by atoms with E-state index in [0.717, 1.165) is 32.0 Å². The molecule has 0 unspecified atom stereocenters. The highest BCUT2D eigenvalue weighted by molar-refractivity contribution is 8.18. The van der Waals surface area contributed by atoms with Crippen molar-refractivity contribution in [2.75, 3.05) is 13.1 Å². The number of hydrogen-bond acceptors (Lipinski definition) is 7. The monoisotopic (exact) mass is 464 g/mol. The summed E-state index contributed by atoms with van der Waals surface area (Å²) in [7, 11) is 0. The molecule has 3 N–H and O–H groups in total. The van der Waals surface area contributed by atoms with Crippen LogP contribution in [0.1, 0.15) is 32.3 Å². The lowest BCUT2D eigenvalue weighted by molar-refractivity contribution is -0.139. The summed E-state index contributed by atoms with van der Waals surface area (Å²) >= 11 is 1.22. The van der Waals surface area contributed by atoms with Gasteiger partial charge in [-0.25, -0.2) is 14.6 Å². The Bertz CT molecular complexity index is 837. The number of thioether (sulfide) groups is 1. The van der Waals surface area contributed by atoms with Crippen LogP contribution in [0.5, 0.6) is 5.75 Å². The summed E-state index contributed by atoms with van der Waals surface area (Å²) in [5.41, 5.74) is 8.09. The topological polar surface area (TPSA) is 97.0 Å². The summed E-state index contributed by atoms with van der Waals surface area (Å²) < 4.78 is 18.9. The largest absolute Gasteiger partial charge is 0.424 e. The molecule has 1 aromatic rings. The first-order chi connectivity index (χ1) is 12.7. The molecular formula is C18H23Cl2FN4O3S. The number of esters is 1. The van der Waals surface area contributed by atoms with Gasteiger partial charge in [0.1, 0.15) is 17.1 Å². The van der Waals surface area contributed by atoms with Crippen molar-refractivity contribution in [2.24, 2.45) is 10.7 Å². The van der Waals surface area contributed by atoms with Gasteiger partial charge < -0.3 is 10.5 Å². The van der Waals surface area contributed by atoms with Crippen molar-refractivity contribution in [2.45, 2.75) is 32.2 Å². The SMILES string of the molecule is CC(C)(N)C(=O)Oc1cc(F)ccc1/C=C1/SC(N2CCCCN2)=NC1=O.Cl.Cl. The van der Waals surface area contributed by atoms with Crippen LogP contribution in [0.25, 0.3) is 6.08 Å². The van der Waals surface area contributed by atoms with E-state index in [4.69, 9.17) is 10.5 Å². The molecule has 2 aliphatic rings. The number of benzene rings is 1. The number of halogens is 3. The lowest BCUT2D eigenvalue weighted by Crippen LogP contribution is -2.45. The smallest absolute Gasteiger partial charge is 0.330 e. The van der Waals surface area contributed by atoms with Crippen molar-refractivity contribution >= 4 is 59.7 Å². The molecule has 11 heteroatoms. The number of nitrogens with two attached hydrogens (primary N) is 1. The molecule has 0 bridgehead atoms. The summed E-state index contributed by atoms with van der Waals surface area (Å²) in [4.78, 5) is 28.8. The zero-order valence-electron chi connectivity index (χ0n) is 15.9. The highest BCUT2D eigenvalue weighted by atomic mass is 35.5. The number of hydrogen-bond donors (Lipinski definition) is 2. The van der Waals surface area contributed by atoms with Crippen molar-refractivity contribution in [3.05, 3.63) is 34.5 Å². The third kappa shape index (κ3) is 6.42. The molecule has 0 spiro atoms. The fourth-order valence-electron chi connectivity index (χ4n) is 2.45. The Balaban J connectivity index is 0.00000210. The zero-order chi connectivity index (χ0) is 19.6. The van der Waals surface area contributed by atoms with Crippen molar-refractivity contribution in [3.8, 4) is 5.75 Å². The number of carbonyl (C=O) groups is 2. The number of amides is 1. The summed E-state index contributed by atoms with van der Waals surface area (Å²) in [6.07, 6.45) is 3.64. The van der Waals surface area contributed by atoms with Crippen LogP contribution in [-0.4, -0.2) is 40.7 Å². The standard InChI is InChI=1S/C18H21FN4O3S.2ClH/c1-18(2,20)16(25)26-13-10-12(19)6-5-11(13)9-14-15(24)22-17(27-14)23-8-4-3-7-21-23;;/h5-6,9-10,21H,3-4,7-8,20H2,1-2H3;2*1H/b14-9+;;.